The molecule has 0 heterocycles. The Kier molecular flexibility index (Phi) is 6.23. The van der Waals surface area contributed by atoms with Gasteiger partial charge < -0.3 is 11.0 Å². The first-order chi connectivity index (χ1) is 3.06. The van der Waals surface area contributed by atoms with E-state index < -0.39 is 0 Å². The van der Waals surface area contributed by atoms with Crippen LogP contribution in [0.1, 0.15) is 1.43 Å². The second-order valence-electron chi connectivity index (χ2n) is 2.74. The Bertz CT molecular complexity index is 55.4. The van der Waals surface area contributed by atoms with Gasteiger partial charge in [0.2, 0.25) is 0 Å². The standard InChI is InChI=1S/C5H14NO.Li.H/c1-6(2,3)4-5-7;;/h7H,4-5H2,1-3H3;;/q2*+1;-1. The summed E-state index contributed by atoms with van der Waals surface area (Å²) in [7, 11) is 6.16. The van der Waals surface area contributed by atoms with Crippen LogP contribution in [0.4, 0.5) is 0 Å². The van der Waals surface area contributed by atoms with Crippen LogP contribution < -0.4 is 18.9 Å². The molecule has 0 fully saturated rings. The topological polar surface area (TPSA) is 20.2 Å². The minimum atomic E-state index is 0. The maximum atomic E-state index is 8.39. The van der Waals surface area contributed by atoms with Crippen LogP contribution >= 0.6 is 0 Å². The number of hydrogen-bond donors (Lipinski definition) is 1. The first kappa shape index (κ1) is 11.3. The first-order valence-corrected chi connectivity index (χ1v) is 2.47. The van der Waals surface area contributed by atoms with Crippen molar-refractivity contribution in [3.05, 3.63) is 0 Å². The predicted molar refractivity (Wildman–Crippen MR) is 31.1 cm³/mol. The number of rotatable bonds is 2. The molecule has 0 aromatic heterocycles. The van der Waals surface area contributed by atoms with E-state index in [-0.39, 0.29) is 26.9 Å². The van der Waals surface area contributed by atoms with Crippen LogP contribution in [0, 0.1) is 0 Å². The van der Waals surface area contributed by atoms with Crippen LogP contribution in [-0.2, 0) is 0 Å². The van der Waals surface area contributed by atoms with Crippen LogP contribution in [0.5, 0.6) is 0 Å². The van der Waals surface area contributed by atoms with Gasteiger partial charge in [-0.3, -0.25) is 0 Å². The first-order valence-electron chi connectivity index (χ1n) is 2.47. The van der Waals surface area contributed by atoms with Crippen LogP contribution in [0.25, 0.3) is 0 Å². The van der Waals surface area contributed by atoms with Gasteiger partial charge in [0.25, 0.3) is 0 Å². The summed E-state index contributed by atoms with van der Waals surface area (Å²) in [6, 6.07) is 0. The second kappa shape index (κ2) is 4.40. The molecule has 0 aliphatic heterocycles. The molecule has 3 heteroatoms. The monoisotopic (exact) mass is 112 g/mol. The van der Waals surface area contributed by atoms with Gasteiger partial charge in [-0.05, 0) is 0 Å². The average molecular weight is 112 g/mol. The maximum Gasteiger partial charge on any atom is 1.00 e. The zero-order chi connectivity index (χ0) is 5.91. The summed E-state index contributed by atoms with van der Waals surface area (Å²) in [4.78, 5) is 0. The SMILES string of the molecule is C[N+](C)(C)CCO.[H-].[Li+]. The molecule has 0 saturated carbocycles. The zero-order valence-electron chi connectivity index (χ0n) is 7.31. The molecule has 0 spiro atoms. The van der Waals surface area contributed by atoms with Gasteiger partial charge in [-0.2, -0.15) is 0 Å². The largest absolute Gasteiger partial charge is 1.00 e. The molecule has 2 nitrogen and oxygen atoms in total. The number of likely N-dealkylation sites (N-methyl/N-ethyl adjacent to an activating group) is 1. The second-order valence-corrected chi connectivity index (χ2v) is 2.74. The maximum absolute atomic E-state index is 8.39. The molecule has 46 valence electrons. The van der Waals surface area contributed by atoms with Gasteiger partial charge in [-0.1, -0.05) is 0 Å². The molecule has 0 atom stereocenters. The molecule has 0 aliphatic rings. The van der Waals surface area contributed by atoms with Crippen molar-refractivity contribution in [1.82, 2.24) is 0 Å². The summed E-state index contributed by atoms with van der Waals surface area (Å²) in [5.41, 5.74) is 0. The number of hydrogen-bond acceptors (Lipinski definition) is 1. The van der Waals surface area contributed by atoms with E-state index in [4.69, 9.17) is 5.11 Å². The van der Waals surface area contributed by atoms with Crippen molar-refractivity contribution < 1.29 is 29.9 Å². The number of quaternary nitrogens is 1. The van der Waals surface area contributed by atoms with E-state index >= 15 is 0 Å². The van der Waals surface area contributed by atoms with Crippen molar-refractivity contribution in [3.63, 3.8) is 0 Å². The van der Waals surface area contributed by atoms with E-state index in [0.29, 0.717) is 0 Å². The fourth-order valence-electron chi connectivity index (χ4n) is 0.300. The van der Waals surface area contributed by atoms with Gasteiger partial charge in [0.1, 0.15) is 6.54 Å². The molecular formula is C5H15LiNO+. The zero-order valence-corrected chi connectivity index (χ0v) is 6.31. The van der Waals surface area contributed by atoms with Gasteiger partial charge in [0, 0.05) is 0 Å². The van der Waals surface area contributed by atoms with Crippen molar-refractivity contribution in [3.8, 4) is 0 Å². The van der Waals surface area contributed by atoms with Crippen molar-refractivity contribution in [2.45, 2.75) is 0 Å². The van der Waals surface area contributed by atoms with Crippen molar-refractivity contribution in [2.75, 3.05) is 34.3 Å². The minimum Gasteiger partial charge on any atom is -1.00 e. The predicted octanol–water partition coefficient (Wildman–Crippen LogP) is -3.20. The van der Waals surface area contributed by atoms with Gasteiger partial charge >= 0.3 is 18.9 Å². The van der Waals surface area contributed by atoms with Crippen molar-refractivity contribution in [1.29, 1.82) is 0 Å². The molecule has 0 aromatic rings. The minimum absolute atomic E-state index is 0. The van der Waals surface area contributed by atoms with E-state index in [1.54, 1.807) is 0 Å². The molecule has 1 N–H and O–H groups in total. The summed E-state index contributed by atoms with van der Waals surface area (Å²) in [6.07, 6.45) is 0. The molecule has 0 unspecified atom stereocenters. The molecule has 0 rings (SSSR count). The molecule has 0 bridgehead atoms. The van der Waals surface area contributed by atoms with Gasteiger partial charge in [0.15, 0.2) is 0 Å². The molecule has 0 aromatic carbocycles. The van der Waals surface area contributed by atoms with E-state index in [9.17, 15) is 0 Å². The Morgan fingerprint density at radius 1 is 1.38 bits per heavy atom. The van der Waals surface area contributed by atoms with Crippen molar-refractivity contribution >= 4 is 0 Å². The molecule has 0 aliphatic carbocycles. The molecular weight excluding hydrogens is 97.0 g/mol. The van der Waals surface area contributed by atoms with Crippen LogP contribution in [0.3, 0.4) is 0 Å². The quantitative estimate of drug-likeness (QED) is 0.295. The average Bonchev–Trinajstić information content (AvgIpc) is 1.30. The third-order valence-corrected chi connectivity index (χ3v) is 0.771. The molecule has 0 radical (unpaired) electrons. The van der Waals surface area contributed by atoms with Crippen LogP contribution in [0.2, 0.25) is 0 Å². The molecule has 0 amide bonds. The number of aliphatic hydroxyl groups is 1. The van der Waals surface area contributed by atoms with Crippen molar-refractivity contribution in [2.24, 2.45) is 0 Å². The smallest absolute Gasteiger partial charge is 1.00 e. The summed E-state index contributed by atoms with van der Waals surface area (Å²) in [6.45, 7) is 1.11. The van der Waals surface area contributed by atoms with Gasteiger partial charge in [0.05, 0.1) is 27.7 Å². The third kappa shape index (κ3) is 9.72. The summed E-state index contributed by atoms with van der Waals surface area (Å²) in [5, 5.41) is 8.39. The Balaban J connectivity index is -0.000000180. The Morgan fingerprint density at radius 3 is 1.75 bits per heavy atom. The van der Waals surface area contributed by atoms with Crippen LogP contribution in [0.15, 0.2) is 0 Å². The third-order valence-electron chi connectivity index (χ3n) is 0.771. The van der Waals surface area contributed by atoms with Crippen LogP contribution in [-0.4, -0.2) is 43.9 Å². The number of nitrogens with zero attached hydrogens (tertiary/aromatic N) is 1. The number of aliphatic hydroxyl groups excluding tert-OH is 1. The Morgan fingerprint density at radius 2 is 1.75 bits per heavy atom. The molecule has 8 heavy (non-hydrogen) atoms. The summed E-state index contributed by atoms with van der Waals surface area (Å²) < 4.78 is 0.844. The fraction of sp³-hybridized carbons (Fsp3) is 1.00. The fourth-order valence-corrected chi connectivity index (χ4v) is 0.300. The summed E-state index contributed by atoms with van der Waals surface area (Å²) in [5.74, 6) is 0. The van der Waals surface area contributed by atoms with E-state index in [0.717, 1.165) is 11.0 Å². The Labute approximate surface area is 64.7 Å². The van der Waals surface area contributed by atoms with Gasteiger partial charge in [-0.25, -0.2) is 0 Å². The van der Waals surface area contributed by atoms with E-state index in [1.165, 1.54) is 0 Å². The van der Waals surface area contributed by atoms with E-state index in [1.807, 2.05) is 0 Å². The normalized spacial score (nSPS) is 10.5. The van der Waals surface area contributed by atoms with Gasteiger partial charge in [-0.15, -0.1) is 0 Å². The Hall–Kier alpha value is 0.517. The summed E-state index contributed by atoms with van der Waals surface area (Å²) >= 11 is 0. The molecule has 0 saturated heterocycles. The van der Waals surface area contributed by atoms with E-state index in [2.05, 4.69) is 21.1 Å².